The van der Waals surface area contributed by atoms with E-state index in [-0.39, 0.29) is 17.7 Å². The SMILES string of the molecule is COC(=O)C1C(=O)Nc2cccc(C(F)(F)F)c2CC1c1ccc(OC)cc1. The lowest BCUT2D eigenvalue weighted by molar-refractivity contribution is -0.149. The Morgan fingerprint density at radius 2 is 1.79 bits per heavy atom. The first-order chi connectivity index (χ1) is 13.3. The molecular formula is C20H18F3NO4. The molecule has 1 amide bonds. The highest BCUT2D eigenvalue weighted by Crippen LogP contribution is 2.42. The third-order valence-corrected chi connectivity index (χ3v) is 4.85. The number of hydrogen-bond donors (Lipinski definition) is 1. The van der Waals surface area contributed by atoms with Crippen LogP contribution in [0.3, 0.4) is 0 Å². The molecule has 5 nitrogen and oxygen atoms in total. The maximum atomic E-state index is 13.5. The van der Waals surface area contributed by atoms with Crippen molar-refractivity contribution in [2.45, 2.75) is 18.5 Å². The molecular weight excluding hydrogens is 375 g/mol. The average molecular weight is 393 g/mol. The smallest absolute Gasteiger partial charge is 0.416 e. The van der Waals surface area contributed by atoms with Crippen molar-refractivity contribution < 1.29 is 32.2 Å². The number of esters is 1. The number of halogens is 3. The Labute approximate surface area is 159 Å². The number of hydrogen-bond acceptors (Lipinski definition) is 4. The van der Waals surface area contributed by atoms with Gasteiger partial charge in [-0.05, 0) is 41.8 Å². The highest BCUT2D eigenvalue weighted by molar-refractivity contribution is 6.06. The maximum absolute atomic E-state index is 13.5. The molecule has 0 saturated carbocycles. The van der Waals surface area contributed by atoms with Crippen molar-refractivity contribution in [1.82, 2.24) is 0 Å². The second kappa shape index (κ2) is 7.53. The van der Waals surface area contributed by atoms with Gasteiger partial charge in [-0.15, -0.1) is 0 Å². The minimum atomic E-state index is -4.59. The molecule has 0 bridgehead atoms. The van der Waals surface area contributed by atoms with Crippen molar-refractivity contribution in [1.29, 1.82) is 0 Å². The van der Waals surface area contributed by atoms with Crippen LogP contribution in [0.1, 0.15) is 22.6 Å². The van der Waals surface area contributed by atoms with E-state index >= 15 is 0 Å². The third kappa shape index (κ3) is 3.67. The van der Waals surface area contributed by atoms with Crippen molar-refractivity contribution in [3.63, 3.8) is 0 Å². The lowest BCUT2D eigenvalue weighted by Gasteiger charge is -2.23. The van der Waals surface area contributed by atoms with E-state index in [2.05, 4.69) is 5.32 Å². The molecule has 3 rings (SSSR count). The van der Waals surface area contributed by atoms with Crippen LogP contribution in [0.2, 0.25) is 0 Å². The molecule has 0 fully saturated rings. The molecule has 1 aliphatic heterocycles. The van der Waals surface area contributed by atoms with Gasteiger partial charge in [0.2, 0.25) is 5.91 Å². The summed E-state index contributed by atoms with van der Waals surface area (Å²) in [6.45, 7) is 0. The molecule has 1 aliphatic rings. The fourth-order valence-corrected chi connectivity index (χ4v) is 3.48. The number of nitrogens with one attached hydrogen (secondary N) is 1. The fraction of sp³-hybridized carbons (Fsp3) is 0.300. The van der Waals surface area contributed by atoms with Crippen LogP contribution in [-0.4, -0.2) is 26.1 Å². The number of benzene rings is 2. The number of fused-ring (bicyclic) bond motifs is 1. The molecule has 1 N–H and O–H groups in total. The van der Waals surface area contributed by atoms with Gasteiger partial charge in [-0.25, -0.2) is 0 Å². The van der Waals surface area contributed by atoms with Crippen LogP contribution in [0.4, 0.5) is 18.9 Å². The molecule has 8 heteroatoms. The standard InChI is InChI=1S/C20H18F3NO4/c1-27-12-8-6-11(7-9-12)13-10-14-15(20(21,22)23)4-3-5-16(14)24-18(25)17(13)19(26)28-2/h3-9,13,17H,10H2,1-2H3,(H,24,25). The van der Waals surface area contributed by atoms with Crippen LogP contribution >= 0.6 is 0 Å². The van der Waals surface area contributed by atoms with Gasteiger partial charge in [0, 0.05) is 11.6 Å². The van der Waals surface area contributed by atoms with Gasteiger partial charge >= 0.3 is 12.1 Å². The van der Waals surface area contributed by atoms with Gasteiger partial charge in [0.1, 0.15) is 11.7 Å². The molecule has 2 unspecified atom stereocenters. The molecule has 0 saturated heterocycles. The Balaban J connectivity index is 2.15. The average Bonchev–Trinajstić information content (AvgIpc) is 2.82. The van der Waals surface area contributed by atoms with Crippen molar-refractivity contribution in [3.05, 3.63) is 59.2 Å². The lowest BCUT2D eigenvalue weighted by atomic mass is 9.81. The zero-order valence-corrected chi connectivity index (χ0v) is 15.2. The van der Waals surface area contributed by atoms with E-state index in [4.69, 9.17) is 9.47 Å². The summed E-state index contributed by atoms with van der Waals surface area (Å²) in [4.78, 5) is 25.1. The van der Waals surface area contributed by atoms with Crippen LogP contribution in [0.15, 0.2) is 42.5 Å². The summed E-state index contributed by atoms with van der Waals surface area (Å²) in [5.74, 6) is -3.08. The van der Waals surface area contributed by atoms with Gasteiger partial charge in [-0.2, -0.15) is 13.2 Å². The van der Waals surface area contributed by atoms with Crippen LogP contribution < -0.4 is 10.1 Å². The molecule has 28 heavy (non-hydrogen) atoms. The predicted octanol–water partition coefficient (Wildman–Crippen LogP) is 3.78. The maximum Gasteiger partial charge on any atom is 0.416 e. The Kier molecular flexibility index (Phi) is 5.31. The van der Waals surface area contributed by atoms with E-state index in [1.807, 2.05) is 0 Å². The largest absolute Gasteiger partial charge is 0.497 e. The molecule has 0 spiro atoms. The molecule has 148 valence electrons. The Hall–Kier alpha value is -3.03. The minimum absolute atomic E-state index is 0.0461. The van der Waals surface area contributed by atoms with E-state index in [0.29, 0.717) is 11.3 Å². The summed E-state index contributed by atoms with van der Waals surface area (Å²) >= 11 is 0. The number of carbonyl (C=O) groups is 2. The van der Waals surface area contributed by atoms with Crippen molar-refractivity contribution in [3.8, 4) is 5.75 Å². The minimum Gasteiger partial charge on any atom is -0.497 e. The van der Waals surface area contributed by atoms with E-state index in [9.17, 15) is 22.8 Å². The summed E-state index contributed by atoms with van der Waals surface area (Å²) < 4.78 is 50.5. The molecule has 2 atom stereocenters. The lowest BCUT2D eigenvalue weighted by Crippen LogP contribution is -2.34. The second-order valence-electron chi connectivity index (χ2n) is 6.40. The van der Waals surface area contributed by atoms with Crippen LogP contribution in [-0.2, 0) is 26.9 Å². The van der Waals surface area contributed by atoms with Crippen LogP contribution in [0.5, 0.6) is 5.75 Å². The first kappa shape index (κ1) is 19.7. The number of methoxy groups -OCH3 is 2. The van der Waals surface area contributed by atoms with E-state index < -0.39 is 35.5 Å². The molecule has 0 radical (unpaired) electrons. The summed E-state index contributed by atoms with van der Waals surface area (Å²) in [6, 6.07) is 10.1. The van der Waals surface area contributed by atoms with Gasteiger partial charge in [0.15, 0.2) is 0 Å². The molecule has 0 aromatic heterocycles. The number of ether oxygens (including phenoxy) is 2. The number of amides is 1. The Morgan fingerprint density at radius 1 is 1.11 bits per heavy atom. The van der Waals surface area contributed by atoms with Crippen LogP contribution in [0, 0.1) is 5.92 Å². The highest BCUT2D eigenvalue weighted by atomic mass is 19.4. The van der Waals surface area contributed by atoms with E-state index in [0.717, 1.165) is 13.2 Å². The monoisotopic (exact) mass is 393 g/mol. The van der Waals surface area contributed by atoms with Gasteiger partial charge < -0.3 is 14.8 Å². The van der Waals surface area contributed by atoms with Crippen molar-refractivity contribution >= 4 is 17.6 Å². The van der Waals surface area contributed by atoms with E-state index in [1.54, 1.807) is 24.3 Å². The van der Waals surface area contributed by atoms with Gasteiger partial charge in [-0.3, -0.25) is 9.59 Å². The Morgan fingerprint density at radius 3 is 2.36 bits per heavy atom. The van der Waals surface area contributed by atoms with Crippen LogP contribution in [0.25, 0.3) is 0 Å². The summed E-state index contributed by atoms with van der Waals surface area (Å²) in [5, 5.41) is 2.46. The van der Waals surface area contributed by atoms with Crippen molar-refractivity contribution in [2.75, 3.05) is 19.5 Å². The summed E-state index contributed by atoms with van der Waals surface area (Å²) in [6.07, 6.45) is -4.75. The summed E-state index contributed by atoms with van der Waals surface area (Å²) in [7, 11) is 2.62. The molecule has 0 aliphatic carbocycles. The van der Waals surface area contributed by atoms with E-state index in [1.165, 1.54) is 19.2 Å². The Bertz CT molecular complexity index is 893. The number of alkyl halides is 3. The molecule has 1 heterocycles. The first-order valence-electron chi connectivity index (χ1n) is 8.48. The van der Waals surface area contributed by atoms with Gasteiger partial charge in [0.05, 0.1) is 19.8 Å². The normalized spacial score (nSPS) is 19.2. The fourth-order valence-electron chi connectivity index (χ4n) is 3.48. The van der Waals surface area contributed by atoms with Gasteiger partial charge in [0.25, 0.3) is 0 Å². The predicted molar refractivity (Wildman–Crippen MR) is 95.0 cm³/mol. The molecule has 2 aromatic rings. The highest BCUT2D eigenvalue weighted by Gasteiger charge is 2.43. The van der Waals surface area contributed by atoms with Crippen molar-refractivity contribution in [2.24, 2.45) is 5.92 Å². The second-order valence-corrected chi connectivity index (χ2v) is 6.40. The number of anilines is 1. The zero-order valence-electron chi connectivity index (χ0n) is 15.2. The third-order valence-electron chi connectivity index (χ3n) is 4.85. The number of rotatable bonds is 3. The first-order valence-corrected chi connectivity index (χ1v) is 8.48. The molecule has 2 aromatic carbocycles. The quantitative estimate of drug-likeness (QED) is 0.637. The summed E-state index contributed by atoms with van der Waals surface area (Å²) in [5.41, 5.74) is -0.314. The topological polar surface area (TPSA) is 64.6 Å². The van der Waals surface area contributed by atoms with Gasteiger partial charge in [-0.1, -0.05) is 18.2 Å². The zero-order chi connectivity index (χ0) is 20.5. The number of carbonyl (C=O) groups excluding carboxylic acids is 2.